The molecule has 222 valence electrons. The second-order valence-electron chi connectivity index (χ2n) is 8.51. The van der Waals surface area contributed by atoms with Crippen molar-refractivity contribution >= 4 is 11.5 Å². The third-order valence-corrected chi connectivity index (χ3v) is 4.79. The molecule has 0 radical (unpaired) electrons. The van der Waals surface area contributed by atoms with Crippen LogP contribution in [0.1, 0.15) is 53.7 Å². The minimum Gasteiger partial charge on any atom is -0.388 e. The summed E-state index contributed by atoms with van der Waals surface area (Å²) in [5.74, 6) is 2.54. The normalized spacial score (nSPS) is 14.2. The summed E-state index contributed by atoms with van der Waals surface area (Å²) in [6.45, 7) is 17.4. The summed E-state index contributed by atoms with van der Waals surface area (Å²) in [6, 6.07) is 0. The van der Waals surface area contributed by atoms with Crippen LogP contribution < -0.4 is 0 Å². The molecule has 40 heavy (non-hydrogen) atoms. The maximum absolute atomic E-state index is 14.2. The first-order valence-corrected chi connectivity index (χ1v) is 13.2. The summed E-state index contributed by atoms with van der Waals surface area (Å²) in [7, 11) is 3.25. The lowest BCUT2D eigenvalue weighted by Crippen LogP contribution is -2.49. The van der Waals surface area contributed by atoms with Crippen molar-refractivity contribution in [1.82, 2.24) is 19.6 Å². The number of hydrogen-bond acceptors (Lipinski definition) is 5. The lowest BCUT2D eigenvalue weighted by atomic mass is 10.2. The minimum atomic E-state index is -0.791. The Labute approximate surface area is 241 Å². The zero-order valence-corrected chi connectivity index (χ0v) is 25.9. The Bertz CT molecular complexity index is 1070. The van der Waals surface area contributed by atoms with Gasteiger partial charge in [-0.05, 0) is 77.8 Å². The summed E-state index contributed by atoms with van der Waals surface area (Å²) in [5, 5.41) is 4.06. The quantitative estimate of drug-likeness (QED) is 0.177. The summed E-state index contributed by atoms with van der Waals surface area (Å²) in [6.07, 6.45) is 22.3. The van der Waals surface area contributed by atoms with Gasteiger partial charge < -0.3 is 9.30 Å². The first-order valence-electron chi connectivity index (χ1n) is 13.2. The minimum absolute atomic E-state index is 0.101. The van der Waals surface area contributed by atoms with Gasteiger partial charge in [-0.1, -0.05) is 25.2 Å². The Balaban J connectivity index is 0. The highest BCUT2D eigenvalue weighted by atomic mass is 19.1. The summed E-state index contributed by atoms with van der Waals surface area (Å²) >= 11 is 0. The third-order valence-electron chi connectivity index (χ3n) is 4.79. The van der Waals surface area contributed by atoms with Crippen molar-refractivity contribution in [2.75, 3.05) is 40.5 Å². The standard InChI is InChI=1S/C24H33F2N5.C3H6.C3H4.C2H6O/c1-6-9-22(29-17-20(4)28-18-29)10-8-11-24-27-12-14-30(31(24)13-7-2)21(5)15-23(26)19(3)16-25;3*1-3-2/h6,8-11,15,17-18H,7,12-14,16H2,1-5H3;3H,1H2,2H3;1H,2H3;1-2H3/b9-6-,11-8+,21-15+,22-10+,23-19+;;;. The number of aromatic nitrogens is 2. The van der Waals surface area contributed by atoms with E-state index in [9.17, 15) is 8.78 Å². The van der Waals surface area contributed by atoms with Gasteiger partial charge in [0.15, 0.2) is 0 Å². The molecule has 0 saturated carbocycles. The van der Waals surface area contributed by atoms with E-state index in [2.05, 4.69) is 45.6 Å². The molecule has 0 amide bonds. The molecule has 0 aromatic carbocycles. The van der Waals surface area contributed by atoms with Gasteiger partial charge in [-0.15, -0.1) is 18.9 Å². The highest BCUT2D eigenvalue weighted by molar-refractivity contribution is 5.93. The van der Waals surface area contributed by atoms with Crippen LogP contribution in [0.25, 0.3) is 5.70 Å². The molecule has 1 aromatic heterocycles. The molecule has 0 N–H and O–H groups in total. The fourth-order valence-electron chi connectivity index (χ4n) is 3.18. The molecule has 1 aliphatic rings. The van der Waals surface area contributed by atoms with Crippen molar-refractivity contribution in [3.05, 3.63) is 84.4 Å². The Kier molecular flexibility index (Phi) is 23.4. The summed E-state index contributed by atoms with van der Waals surface area (Å²) in [4.78, 5) is 8.95. The van der Waals surface area contributed by atoms with E-state index < -0.39 is 12.5 Å². The number of imidazole rings is 1. The molecule has 1 aliphatic heterocycles. The molecule has 0 unspecified atom stereocenters. The Hall–Kier alpha value is -3.70. The molecular weight excluding hydrogens is 508 g/mol. The predicted octanol–water partition coefficient (Wildman–Crippen LogP) is 7.72. The first-order chi connectivity index (χ1) is 19.1. The molecule has 0 fully saturated rings. The molecule has 6 nitrogen and oxygen atoms in total. The van der Waals surface area contributed by atoms with Crippen LogP contribution >= 0.6 is 0 Å². The van der Waals surface area contributed by atoms with Crippen LogP contribution in [-0.4, -0.2) is 65.9 Å². The second-order valence-corrected chi connectivity index (χ2v) is 8.51. The number of amidine groups is 1. The third kappa shape index (κ3) is 15.6. The molecule has 0 atom stereocenters. The molecule has 0 aliphatic carbocycles. The lowest BCUT2D eigenvalue weighted by Gasteiger charge is -2.41. The number of hydrogen-bond donors (Lipinski definition) is 0. The van der Waals surface area contributed by atoms with E-state index in [1.165, 1.54) is 13.0 Å². The van der Waals surface area contributed by atoms with E-state index in [1.54, 1.807) is 33.5 Å². The number of alkyl halides is 1. The van der Waals surface area contributed by atoms with Gasteiger partial charge in [0, 0.05) is 38.4 Å². The highest BCUT2D eigenvalue weighted by Crippen LogP contribution is 2.19. The highest BCUT2D eigenvalue weighted by Gasteiger charge is 2.21. The van der Waals surface area contributed by atoms with E-state index in [0.717, 1.165) is 35.9 Å². The van der Waals surface area contributed by atoms with Gasteiger partial charge in [-0.25, -0.2) is 13.8 Å². The number of allylic oxidation sites excluding steroid dienone is 10. The topological polar surface area (TPSA) is 45.9 Å². The number of methoxy groups -OCH3 is 1. The number of halogens is 2. The first kappa shape index (κ1) is 38.4. The zero-order chi connectivity index (χ0) is 30.9. The number of aryl methyl sites for hydroxylation is 1. The molecular formula is C32H49F2N5O. The number of rotatable bonds is 9. The Morgan fingerprint density at radius 3 is 2.35 bits per heavy atom. The van der Waals surface area contributed by atoms with Crippen LogP contribution in [-0.2, 0) is 4.74 Å². The van der Waals surface area contributed by atoms with Crippen LogP contribution in [0.5, 0.6) is 0 Å². The molecule has 0 spiro atoms. The van der Waals surface area contributed by atoms with Crippen molar-refractivity contribution in [2.24, 2.45) is 4.99 Å². The van der Waals surface area contributed by atoms with E-state index in [-0.39, 0.29) is 5.57 Å². The summed E-state index contributed by atoms with van der Waals surface area (Å²) < 4.78 is 33.2. The number of aliphatic imine (C=N–C) groups is 1. The average molecular weight is 558 g/mol. The average Bonchev–Trinajstić information content (AvgIpc) is 3.36. The van der Waals surface area contributed by atoms with Gasteiger partial charge in [0.05, 0.1) is 25.1 Å². The molecule has 8 heteroatoms. The monoisotopic (exact) mass is 557 g/mol. The van der Waals surface area contributed by atoms with Crippen molar-refractivity contribution in [3.63, 3.8) is 0 Å². The van der Waals surface area contributed by atoms with Crippen LogP contribution in [0.2, 0.25) is 0 Å². The zero-order valence-electron chi connectivity index (χ0n) is 25.9. The summed E-state index contributed by atoms with van der Waals surface area (Å²) in [5.41, 5.74) is 2.76. The number of hydrazine groups is 1. The number of ether oxygens (including phenoxy) is 1. The SMILES string of the molecule is C#CC.C=CC.COC.C\C=C/C(=C\C=C\C1=NCCN(/C(C)=C/C(F)=C(/C)CF)N1CCC)n1cnc(C)c1. The van der Waals surface area contributed by atoms with Gasteiger partial charge in [0.25, 0.3) is 0 Å². The predicted molar refractivity (Wildman–Crippen MR) is 168 cm³/mol. The molecule has 1 aromatic rings. The fraction of sp³-hybridized carbons (Fsp3) is 0.438. The molecule has 2 rings (SSSR count). The van der Waals surface area contributed by atoms with Gasteiger partial charge in [0.2, 0.25) is 0 Å². The Morgan fingerprint density at radius 1 is 1.27 bits per heavy atom. The van der Waals surface area contributed by atoms with E-state index >= 15 is 0 Å². The van der Waals surface area contributed by atoms with Crippen molar-refractivity contribution in [3.8, 4) is 12.3 Å². The molecule has 0 saturated heterocycles. The van der Waals surface area contributed by atoms with Crippen LogP contribution in [0, 0.1) is 19.3 Å². The Morgan fingerprint density at radius 2 is 1.88 bits per heavy atom. The van der Waals surface area contributed by atoms with Crippen molar-refractivity contribution in [2.45, 2.75) is 54.9 Å². The van der Waals surface area contributed by atoms with E-state index in [1.807, 2.05) is 73.8 Å². The van der Waals surface area contributed by atoms with Crippen LogP contribution in [0.15, 0.2) is 83.7 Å². The fourth-order valence-corrected chi connectivity index (χ4v) is 3.18. The molecule has 2 heterocycles. The van der Waals surface area contributed by atoms with Crippen LogP contribution in [0.4, 0.5) is 8.78 Å². The maximum Gasteiger partial charge on any atom is 0.142 e. The smallest absolute Gasteiger partial charge is 0.142 e. The van der Waals surface area contributed by atoms with Crippen molar-refractivity contribution in [1.29, 1.82) is 0 Å². The number of terminal acetylenes is 1. The lowest BCUT2D eigenvalue weighted by molar-refractivity contribution is 0.0805. The van der Waals surface area contributed by atoms with Crippen LogP contribution in [0.3, 0.4) is 0 Å². The van der Waals surface area contributed by atoms with Gasteiger partial charge in [-0.2, -0.15) is 0 Å². The second kappa shape index (κ2) is 24.3. The van der Waals surface area contributed by atoms with Gasteiger partial charge in [-0.3, -0.25) is 15.0 Å². The van der Waals surface area contributed by atoms with E-state index in [4.69, 9.17) is 0 Å². The molecule has 0 bridgehead atoms. The van der Waals surface area contributed by atoms with E-state index in [0.29, 0.717) is 13.1 Å². The number of nitrogens with zero attached hydrogens (tertiary/aromatic N) is 5. The largest absolute Gasteiger partial charge is 0.388 e. The van der Waals surface area contributed by atoms with Gasteiger partial charge in [0.1, 0.15) is 18.3 Å². The maximum atomic E-state index is 14.2. The van der Waals surface area contributed by atoms with Crippen molar-refractivity contribution < 1.29 is 13.5 Å². The van der Waals surface area contributed by atoms with Gasteiger partial charge >= 0.3 is 0 Å².